The molecule has 0 aliphatic carbocycles. The molecule has 2 aliphatic rings. The smallest absolute Gasteiger partial charge is 0.286 e. The Bertz CT molecular complexity index is 872. The Morgan fingerprint density at radius 2 is 1.72 bits per heavy atom. The number of hydrogen-bond acceptors (Lipinski definition) is 3. The Labute approximate surface area is 194 Å². The number of likely N-dealkylation sites (tertiary alicyclic amines) is 1. The summed E-state index contributed by atoms with van der Waals surface area (Å²) in [7, 11) is 0. The van der Waals surface area contributed by atoms with E-state index in [2.05, 4.69) is 26.9 Å². The third-order valence-corrected chi connectivity index (χ3v) is 8.01. The molecule has 2 aromatic rings. The summed E-state index contributed by atoms with van der Waals surface area (Å²) < 4.78 is 1.15. The van der Waals surface area contributed by atoms with Gasteiger partial charge in [0, 0.05) is 38.5 Å². The number of piperidine rings is 1. The van der Waals surface area contributed by atoms with Gasteiger partial charge in [-0.1, -0.05) is 50.9 Å². The van der Waals surface area contributed by atoms with Crippen molar-refractivity contribution in [3.63, 3.8) is 0 Å². The van der Waals surface area contributed by atoms with Gasteiger partial charge in [-0.25, -0.2) is 0 Å². The first-order valence-corrected chi connectivity index (χ1v) is 12.3. The van der Waals surface area contributed by atoms with Crippen molar-refractivity contribution in [3.05, 3.63) is 62.5 Å². The summed E-state index contributed by atoms with van der Waals surface area (Å²) >= 11 is 17.2. The number of benzene rings is 2. The van der Waals surface area contributed by atoms with E-state index in [1.165, 1.54) is 30.2 Å². The Morgan fingerprint density at radius 1 is 1.03 bits per heavy atom. The average Bonchev–Trinajstić information content (AvgIpc) is 3.07. The van der Waals surface area contributed by atoms with Gasteiger partial charge in [0.2, 0.25) is 0 Å². The number of anilines is 1. The number of halogens is 3. The van der Waals surface area contributed by atoms with Gasteiger partial charge in [-0.2, -0.15) is 0 Å². The lowest BCUT2D eigenvalue weighted by Crippen LogP contribution is -2.39. The van der Waals surface area contributed by atoms with E-state index in [0.717, 1.165) is 47.8 Å². The van der Waals surface area contributed by atoms with Crippen molar-refractivity contribution >= 4 is 61.8 Å². The van der Waals surface area contributed by atoms with Gasteiger partial charge in [0.15, 0.2) is 0 Å². The Morgan fingerprint density at radius 3 is 2.45 bits per heavy atom. The van der Waals surface area contributed by atoms with Crippen LogP contribution in [-0.2, 0) is 6.42 Å². The molecule has 2 fully saturated rings. The van der Waals surface area contributed by atoms with Crippen molar-refractivity contribution in [1.29, 1.82) is 0 Å². The Hall–Kier alpha value is -0.720. The van der Waals surface area contributed by atoms with Crippen molar-refractivity contribution in [1.82, 2.24) is 4.90 Å². The van der Waals surface area contributed by atoms with Crippen LogP contribution >= 0.6 is 50.9 Å². The molecule has 154 valence electrons. The molecule has 2 saturated heterocycles. The highest BCUT2D eigenvalue weighted by molar-refractivity contribution is 9.10. The van der Waals surface area contributed by atoms with Crippen LogP contribution < -0.4 is 4.90 Å². The van der Waals surface area contributed by atoms with E-state index < -0.39 is 0 Å². The Kier molecular flexibility index (Phi) is 7.13. The van der Waals surface area contributed by atoms with E-state index in [1.807, 2.05) is 41.3 Å². The lowest BCUT2D eigenvalue weighted by molar-refractivity contribution is 0.185. The monoisotopic (exact) mass is 512 g/mol. The molecule has 4 rings (SSSR count). The predicted octanol–water partition coefficient (Wildman–Crippen LogP) is 6.75. The quantitative estimate of drug-likeness (QED) is 0.441. The van der Waals surface area contributed by atoms with Crippen molar-refractivity contribution in [2.24, 2.45) is 5.92 Å². The molecule has 2 aromatic carbocycles. The molecular formula is C22H23BrCl2N2OS. The fraction of sp³-hybridized carbons (Fsp3) is 0.409. The molecule has 2 aliphatic heterocycles. The topological polar surface area (TPSA) is 23.6 Å². The molecule has 1 unspecified atom stereocenters. The summed E-state index contributed by atoms with van der Waals surface area (Å²) in [5, 5.41) is 1.95. The first-order valence-electron chi connectivity index (χ1n) is 9.88. The van der Waals surface area contributed by atoms with E-state index in [9.17, 15) is 4.79 Å². The van der Waals surface area contributed by atoms with Gasteiger partial charge in [-0.3, -0.25) is 4.79 Å². The molecule has 1 atom stereocenters. The highest BCUT2D eigenvalue weighted by Gasteiger charge is 2.33. The lowest BCUT2D eigenvalue weighted by Gasteiger charge is -2.33. The number of nitrogens with zero attached hydrogens (tertiary/aromatic N) is 2. The summed E-state index contributed by atoms with van der Waals surface area (Å²) in [6.07, 6.45) is 3.44. The predicted molar refractivity (Wildman–Crippen MR) is 128 cm³/mol. The molecule has 0 radical (unpaired) electrons. The zero-order chi connectivity index (χ0) is 20.4. The van der Waals surface area contributed by atoms with Crippen LogP contribution in [0.5, 0.6) is 0 Å². The molecule has 3 nitrogen and oxygen atoms in total. The number of carbonyl (C=O) groups excluding carboxylic acids is 1. The summed E-state index contributed by atoms with van der Waals surface area (Å²) in [6.45, 7) is 3.92. The molecular weight excluding hydrogens is 491 g/mol. The normalized spacial score (nSPS) is 21.1. The number of carbonyl (C=O) groups is 1. The van der Waals surface area contributed by atoms with Crippen molar-refractivity contribution in [2.45, 2.75) is 24.5 Å². The van der Waals surface area contributed by atoms with Crippen LogP contribution in [0.4, 0.5) is 10.5 Å². The first kappa shape index (κ1) is 21.5. The highest BCUT2D eigenvalue weighted by Crippen LogP contribution is 2.33. The van der Waals surface area contributed by atoms with Gasteiger partial charge in [0.05, 0.1) is 0 Å². The second-order valence-electron chi connectivity index (χ2n) is 7.78. The molecule has 1 amide bonds. The third kappa shape index (κ3) is 5.50. The fourth-order valence-corrected chi connectivity index (χ4v) is 5.95. The minimum Gasteiger partial charge on any atom is -0.302 e. The number of thioether (sulfide) groups is 1. The van der Waals surface area contributed by atoms with Gasteiger partial charge in [-0.05, 0) is 86.3 Å². The van der Waals surface area contributed by atoms with E-state index in [4.69, 9.17) is 23.2 Å². The highest BCUT2D eigenvalue weighted by atomic mass is 79.9. The van der Waals surface area contributed by atoms with Crippen LogP contribution in [0.3, 0.4) is 0 Å². The SMILES string of the molecule is O=C1SC(CN2CCC(Cc3cc(Cl)ccc3Br)CC2)CN1c1ccc(Cl)cc1. The van der Waals surface area contributed by atoms with E-state index >= 15 is 0 Å². The minimum absolute atomic E-state index is 0.137. The zero-order valence-corrected chi connectivity index (χ0v) is 19.9. The fourth-order valence-electron chi connectivity index (χ4n) is 4.12. The van der Waals surface area contributed by atoms with Crippen LogP contribution in [0.2, 0.25) is 10.0 Å². The maximum Gasteiger partial charge on any atom is 0.286 e. The van der Waals surface area contributed by atoms with Crippen molar-refractivity contribution in [2.75, 3.05) is 31.1 Å². The summed E-state index contributed by atoms with van der Waals surface area (Å²) in [6, 6.07) is 13.5. The van der Waals surface area contributed by atoms with Crippen LogP contribution in [-0.4, -0.2) is 41.6 Å². The van der Waals surface area contributed by atoms with Crippen LogP contribution in [0.15, 0.2) is 46.9 Å². The number of amides is 1. The number of rotatable bonds is 5. The van der Waals surface area contributed by atoms with Crippen LogP contribution in [0, 0.1) is 5.92 Å². The van der Waals surface area contributed by atoms with Crippen molar-refractivity contribution < 1.29 is 4.79 Å². The first-order chi connectivity index (χ1) is 14.0. The van der Waals surface area contributed by atoms with Gasteiger partial charge < -0.3 is 9.80 Å². The van der Waals surface area contributed by atoms with E-state index in [0.29, 0.717) is 16.2 Å². The molecule has 0 aromatic heterocycles. The standard InChI is InChI=1S/C22H23BrCl2N2OS/c23-21-6-3-18(25)12-16(21)11-15-7-9-26(10-8-15)13-20-14-27(22(28)29-20)19-4-1-17(24)2-5-19/h1-6,12,15,20H,7-11,13-14H2. The summed E-state index contributed by atoms with van der Waals surface area (Å²) in [5.41, 5.74) is 2.23. The largest absolute Gasteiger partial charge is 0.302 e. The number of hydrogen-bond donors (Lipinski definition) is 0. The maximum atomic E-state index is 12.4. The maximum absolute atomic E-state index is 12.4. The molecule has 2 heterocycles. The Balaban J connectivity index is 1.27. The van der Waals surface area contributed by atoms with Gasteiger partial charge in [0.1, 0.15) is 0 Å². The molecule has 0 bridgehead atoms. The van der Waals surface area contributed by atoms with Gasteiger partial charge in [0.25, 0.3) is 5.24 Å². The second kappa shape index (κ2) is 9.61. The van der Waals surface area contributed by atoms with Gasteiger partial charge >= 0.3 is 0 Å². The summed E-state index contributed by atoms with van der Waals surface area (Å²) in [4.78, 5) is 16.8. The molecule has 29 heavy (non-hydrogen) atoms. The van der Waals surface area contributed by atoms with E-state index in [1.54, 1.807) is 0 Å². The molecule has 7 heteroatoms. The molecule has 0 spiro atoms. The molecule has 0 N–H and O–H groups in total. The molecule has 0 saturated carbocycles. The minimum atomic E-state index is 0.137. The third-order valence-electron chi connectivity index (χ3n) is 5.70. The second-order valence-corrected chi connectivity index (χ2v) is 10.8. The summed E-state index contributed by atoms with van der Waals surface area (Å²) in [5.74, 6) is 0.685. The average molecular weight is 514 g/mol. The zero-order valence-electron chi connectivity index (χ0n) is 16.0. The van der Waals surface area contributed by atoms with Crippen LogP contribution in [0.1, 0.15) is 18.4 Å². The van der Waals surface area contributed by atoms with Crippen molar-refractivity contribution in [3.8, 4) is 0 Å². The van der Waals surface area contributed by atoms with Gasteiger partial charge in [-0.15, -0.1) is 0 Å². The van der Waals surface area contributed by atoms with Crippen LogP contribution in [0.25, 0.3) is 0 Å². The van der Waals surface area contributed by atoms with E-state index in [-0.39, 0.29) is 5.24 Å². The lowest BCUT2D eigenvalue weighted by atomic mass is 9.90.